The minimum atomic E-state index is -3.56. The molecule has 2 aromatic carbocycles. The number of carbonyl (C=O) groups excluding carboxylic acids is 1. The molecule has 2 heterocycles. The van der Waals surface area contributed by atoms with E-state index in [-0.39, 0.29) is 5.91 Å². The first kappa shape index (κ1) is 22.9. The number of aryl methyl sites for hydroxylation is 2. The van der Waals surface area contributed by atoms with E-state index in [1.54, 1.807) is 17.0 Å². The number of rotatable bonds is 5. The summed E-state index contributed by atoms with van der Waals surface area (Å²) in [7, 11) is -3.56. The van der Waals surface area contributed by atoms with Crippen molar-refractivity contribution >= 4 is 15.9 Å². The Kier molecular flexibility index (Phi) is 6.95. The molecule has 0 aliphatic carbocycles. The molecule has 0 spiro atoms. The summed E-state index contributed by atoms with van der Waals surface area (Å²) in [5.74, 6) is -0.0444. The topological polar surface area (TPSA) is 70.2 Å². The standard InChI is InChI=1S/C24H31N3O4S/c1-19-6-7-23(16-20(19)2)32(29,30)27-10-8-26(9-11-27)24(28)22-5-3-4-21(17-22)18-25-12-14-31-15-13-25/h3-7,16-17H,8-15,18H2,1-2H3. The maximum atomic E-state index is 13.1. The Morgan fingerprint density at radius 3 is 2.31 bits per heavy atom. The number of ether oxygens (including phenoxy) is 1. The van der Waals surface area contributed by atoms with Crippen molar-refractivity contribution < 1.29 is 17.9 Å². The van der Waals surface area contributed by atoms with Gasteiger partial charge < -0.3 is 9.64 Å². The average Bonchev–Trinajstić information content (AvgIpc) is 2.81. The summed E-state index contributed by atoms with van der Waals surface area (Å²) in [6, 6.07) is 13.0. The average molecular weight is 458 g/mol. The smallest absolute Gasteiger partial charge is 0.253 e. The number of piperazine rings is 1. The van der Waals surface area contributed by atoms with Gasteiger partial charge in [-0.2, -0.15) is 4.31 Å². The summed E-state index contributed by atoms with van der Waals surface area (Å²) in [5, 5.41) is 0. The van der Waals surface area contributed by atoms with Crippen molar-refractivity contribution in [3.05, 3.63) is 64.7 Å². The second-order valence-electron chi connectivity index (χ2n) is 8.53. The zero-order valence-electron chi connectivity index (χ0n) is 18.8. The Morgan fingerprint density at radius 2 is 1.62 bits per heavy atom. The summed E-state index contributed by atoms with van der Waals surface area (Å²) in [6.07, 6.45) is 0. The van der Waals surface area contributed by atoms with Gasteiger partial charge in [-0.1, -0.05) is 18.2 Å². The maximum absolute atomic E-state index is 13.1. The van der Waals surface area contributed by atoms with Crippen LogP contribution in [-0.4, -0.2) is 80.9 Å². The van der Waals surface area contributed by atoms with E-state index >= 15 is 0 Å². The maximum Gasteiger partial charge on any atom is 0.253 e. The number of hydrogen-bond donors (Lipinski definition) is 0. The highest BCUT2D eigenvalue weighted by molar-refractivity contribution is 7.89. The van der Waals surface area contributed by atoms with Crippen LogP contribution in [0.1, 0.15) is 27.0 Å². The first-order valence-corrected chi connectivity index (χ1v) is 12.5. The van der Waals surface area contributed by atoms with Gasteiger partial charge in [0, 0.05) is 51.4 Å². The van der Waals surface area contributed by atoms with Crippen molar-refractivity contribution in [2.75, 3.05) is 52.5 Å². The van der Waals surface area contributed by atoms with Gasteiger partial charge in [0.15, 0.2) is 0 Å². The van der Waals surface area contributed by atoms with Gasteiger partial charge in [-0.3, -0.25) is 9.69 Å². The van der Waals surface area contributed by atoms with Gasteiger partial charge in [-0.05, 0) is 54.8 Å². The predicted molar refractivity (Wildman–Crippen MR) is 123 cm³/mol. The normalized spacial score (nSPS) is 18.6. The quantitative estimate of drug-likeness (QED) is 0.689. The number of benzene rings is 2. The third-order valence-corrected chi connectivity index (χ3v) is 8.22. The van der Waals surface area contributed by atoms with Gasteiger partial charge in [0.2, 0.25) is 10.0 Å². The van der Waals surface area contributed by atoms with Crippen molar-refractivity contribution in [3.63, 3.8) is 0 Å². The Labute approximate surface area is 190 Å². The van der Waals surface area contributed by atoms with Crippen LogP contribution in [0.3, 0.4) is 0 Å². The molecule has 4 rings (SSSR count). The van der Waals surface area contributed by atoms with Crippen LogP contribution >= 0.6 is 0 Å². The van der Waals surface area contributed by atoms with E-state index in [9.17, 15) is 13.2 Å². The third-order valence-electron chi connectivity index (χ3n) is 6.33. The van der Waals surface area contributed by atoms with Gasteiger partial charge in [0.1, 0.15) is 0 Å². The molecule has 8 heteroatoms. The fourth-order valence-corrected chi connectivity index (χ4v) is 5.67. The summed E-state index contributed by atoms with van der Waals surface area (Å²) < 4.78 is 33.0. The minimum absolute atomic E-state index is 0.0444. The largest absolute Gasteiger partial charge is 0.379 e. The zero-order chi connectivity index (χ0) is 22.7. The van der Waals surface area contributed by atoms with Crippen molar-refractivity contribution in [2.24, 2.45) is 0 Å². The number of hydrogen-bond acceptors (Lipinski definition) is 5. The molecular weight excluding hydrogens is 426 g/mol. The van der Waals surface area contributed by atoms with Crippen LogP contribution < -0.4 is 0 Å². The molecule has 172 valence electrons. The van der Waals surface area contributed by atoms with Crippen molar-refractivity contribution in [2.45, 2.75) is 25.3 Å². The number of sulfonamides is 1. The van der Waals surface area contributed by atoms with Crippen LogP contribution in [0.2, 0.25) is 0 Å². The molecule has 1 amide bonds. The molecular formula is C24H31N3O4S. The molecule has 2 fully saturated rings. The monoisotopic (exact) mass is 457 g/mol. The summed E-state index contributed by atoms with van der Waals surface area (Å²) >= 11 is 0. The second-order valence-corrected chi connectivity index (χ2v) is 10.5. The zero-order valence-corrected chi connectivity index (χ0v) is 19.6. The highest BCUT2D eigenvalue weighted by atomic mass is 32.2. The lowest BCUT2D eigenvalue weighted by Crippen LogP contribution is -2.50. The molecule has 0 atom stereocenters. The van der Waals surface area contributed by atoms with Crippen molar-refractivity contribution in [3.8, 4) is 0 Å². The van der Waals surface area contributed by atoms with E-state index in [0.717, 1.165) is 49.5 Å². The van der Waals surface area contributed by atoms with Gasteiger partial charge in [-0.25, -0.2) is 8.42 Å². The fourth-order valence-electron chi connectivity index (χ4n) is 4.16. The minimum Gasteiger partial charge on any atom is -0.379 e. The van der Waals surface area contributed by atoms with E-state index in [1.165, 1.54) is 4.31 Å². The Balaban J connectivity index is 1.39. The van der Waals surface area contributed by atoms with Crippen LogP contribution in [0.5, 0.6) is 0 Å². The van der Waals surface area contributed by atoms with E-state index in [1.807, 2.05) is 44.2 Å². The molecule has 0 bridgehead atoms. The van der Waals surface area contributed by atoms with E-state index in [0.29, 0.717) is 36.6 Å². The van der Waals surface area contributed by atoms with Gasteiger partial charge in [0.05, 0.1) is 18.1 Å². The van der Waals surface area contributed by atoms with Gasteiger partial charge in [0.25, 0.3) is 5.91 Å². The summed E-state index contributed by atoms with van der Waals surface area (Å²) in [6.45, 7) is 9.33. The SMILES string of the molecule is Cc1ccc(S(=O)(=O)N2CCN(C(=O)c3cccc(CN4CCOCC4)c3)CC2)cc1C. The van der Waals surface area contributed by atoms with Crippen molar-refractivity contribution in [1.82, 2.24) is 14.1 Å². The molecule has 7 nitrogen and oxygen atoms in total. The highest BCUT2D eigenvalue weighted by Crippen LogP contribution is 2.21. The lowest BCUT2D eigenvalue weighted by Gasteiger charge is -2.34. The highest BCUT2D eigenvalue weighted by Gasteiger charge is 2.30. The molecule has 0 saturated carbocycles. The van der Waals surface area contributed by atoms with Crippen LogP contribution in [0, 0.1) is 13.8 Å². The van der Waals surface area contributed by atoms with Crippen LogP contribution in [0.4, 0.5) is 0 Å². The lowest BCUT2D eigenvalue weighted by atomic mass is 10.1. The molecule has 0 unspecified atom stereocenters. The lowest BCUT2D eigenvalue weighted by molar-refractivity contribution is 0.0341. The van der Waals surface area contributed by atoms with Gasteiger partial charge >= 0.3 is 0 Å². The van der Waals surface area contributed by atoms with E-state index < -0.39 is 10.0 Å². The van der Waals surface area contributed by atoms with Gasteiger partial charge in [-0.15, -0.1) is 0 Å². The Morgan fingerprint density at radius 1 is 0.906 bits per heavy atom. The summed E-state index contributed by atoms with van der Waals surface area (Å²) in [5.41, 5.74) is 3.78. The molecule has 0 N–H and O–H groups in total. The number of nitrogens with zero attached hydrogens (tertiary/aromatic N) is 3. The molecule has 32 heavy (non-hydrogen) atoms. The van der Waals surface area contributed by atoms with E-state index in [4.69, 9.17) is 4.74 Å². The van der Waals surface area contributed by atoms with Crippen LogP contribution in [-0.2, 0) is 21.3 Å². The number of carbonyl (C=O) groups is 1. The first-order chi connectivity index (χ1) is 15.3. The van der Waals surface area contributed by atoms with Crippen molar-refractivity contribution in [1.29, 1.82) is 0 Å². The number of amides is 1. The molecule has 2 aliphatic rings. The number of morpholine rings is 1. The molecule has 2 saturated heterocycles. The molecule has 0 aromatic heterocycles. The second kappa shape index (κ2) is 9.70. The Hall–Kier alpha value is -2.26. The predicted octanol–water partition coefficient (Wildman–Crippen LogP) is 2.28. The van der Waals surface area contributed by atoms with Crippen LogP contribution in [0.15, 0.2) is 47.4 Å². The molecule has 0 radical (unpaired) electrons. The molecule has 2 aliphatic heterocycles. The third kappa shape index (κ3) is 5.04. The first-order valence-electron chi connectivity index (χ1n) is 11.1. The Bertz CT molecular complexity index is 1070. The molecule has 2 aromatic rings. The fraction of sp³-hybridized carbons (Fsp3) is 0.458. The summed E-state index contributed by atoms with van der Waals surface area (Å²) in [4.78, 5) is 17.5. The van der Waals surface area contributed by atoms with Crippen LogP contribution in [0.25, 0.3) is 0 Å². The van der Waals surface area contributed by atoms with E-state index in [2.05, 4.69) is 4.90 Å².